The van der Waals surface area contributed by atoms with Crippen LogP contribution in [0.1, 0.15) is 36.7 Å². The molecule has 2 rings (SSSR count). The number of amides is 1. The standard InChI is InChI=1S/C17H19ClN2O/c1-11-7-5-6-8-13(11)15-14(18)9-12(10-19-15)16(21)20-17(2,3)4/h5-10H,1-4H3,(H,20,21). The van der Waals surface area contributed by atoms with Gasteiger partial charge in [-0.1, -0.05) is 35.9 Å². The second kappa shape index (κ2) is 5.86. The van der Waals surface area contributed by atoms with Crippen LogP contribution in [0.3, 0.4) is 0 Å². The van der Waals surface area contributed by atoms with E-state index in [1.54, 1.807) is 12.3 Å². The predicted octanol–water partition coefficient (Wildman–Crippen LogP) is 4.24. The molecule has 1 heterocycles. The molecule has 0 bridgehead atoms. The number of hydrogen-bond donors (Lipinski definition) is 1. The van der Waals surface area contributed by atoms with Crippen LogP contribution < -0.4 is 5.32 Å². The molecule has 0 fully saturated rings. The van der Waals surface area contributed by atoms with Gasteiger partial charge in [-0.05, 0) is 39.3 Å². The van der Waals surface area contributed by atoms with Crippen LogP contribution in [0.25, 0.3) is 11.3 Å². The Bertz CT molecular complexity index is 675. The van der Waals surface area contributed by atoms with Crippen LogP contribution in [0.15, 0.2) is 36.5 Å². The van der Waals surface area contributed by atoms with E-state index in [0.717, 1.165) is 11.1 Å². The minimum absolute atomic E-state index is 0.173. The molecule has 0 radical (unpaired) electrons. The van der Waals surface area contributed by atoms with Crippen molar-refractivity contribution >= 4 is 17.5 Å². The number of hydrogen-bond acceptors (Lipinski definition) is 2. The summed E-state index contributed by atoms with van der Waals surface area (Å²) in [5.41, 5.74) is 2.94. The number of carbonyl (C=O) groups excluding carboxylic acids is 1. The quantitative estimate of drug-likeness (QED) is 0.901. The molecular weight excluding hydrogens is 284 g/mol. The van der Waals surface area contributed by atoms with Gasteiger partial charge in [0.25, 0.3) is 5.91 Å². The highest BCUT2D eigenvalue weighted by molar-refractivity contribution is 6.33. The molecular formula is C17H19ClN2O. The van der Waals surface area contributed by atoms with E-state index in [4.69, 9.17) is 11.6 Å². The van der Waals surface area contributed by atoms with Crippen LogP contribution in [0.4, 0.5) is 0 Å². The van der Waals surface area contributed by atoms with Gasteiger partial charge in [0.15, 0.2) is 0 Å². The molecule has 1 amide bonds. The molecule has 0 aliphatic carbocycles. The molecule has 1 aromatic carbocycles. The van der Waals surface area contributed by atoms with Gasteiger partial charge in [-0.2, -0.15) is 0 Å². The first kappa shape index (κ1) is 15.5. The molecule has 0 spiro atoms. The van der Waals surface area contributed by atoms with Gasteiger partial charge in [0.1, 0.15) is 0 Å². The molecule has 0 atom stereocenters. The van der Waals surface area contributed by atoms with Crippen LogP contribution in [0.5, 0.6) is 0 Å². The number of aryl methyl sites for hydroxylation is 1. The Kier molecular flexibility index (Phi) is 4.33. The number of halogens is 1. The zero-order valence-corrected chi connectivity index (χ0v) is 13.5. The van der Waals surface area contributed by atoms with Crippen LogP contribution in [-0.4, -0.2) is 16.4 Å². The fourth-order valence-electron chi connectivity index (χ4n) is 2.01. The lowest BCUT2D eigenvalue weighted by atomic mass is 10.0. The van der Waals surface area contributed by atoms with Crippen molar-refractivity contribution in [2.45, 2.75) is 33.2 Å². The molecule has 0 saturated heterocycles. The average Bonchev–Trinajstić information content (AvgIpc) is 2.38. The lowest BCUT2D eigenvalue weighted by molar-refractivity contribution is 0.0919. The van der Waals surface area contributed by atoms with Crippen LogP contribution in [0, 0.1) is 6.92 Å². The molecule has 1 N–H and O–H groups in total. The van der Waals surface area contributed by atoms with Gasteiger partial charge in [-0.3, -0.25) is 9.78 Å². The number of carbonyl (C=O) groups is 1. The minimum atomic E-state index is -0.293. The van der Waals surface area contributed by atoms with E-state index in [-0.39, 0.29) is 11.4 Å². The van der Waals surface area contributed by atoms with Crippen molar-refractivity contribution in [2.24, 2.45) is 0 Å². The highest BCUT2D eigenvalue weighted by Gasteiger charge is 2.17. The first-order valence-electron chi connectivity index (χ1n) is 6.82. The van der Waals surface area contributed by atoms with E-state index in [1.165, 1.54) is 0 Å². The summed E-state index contributed by atoms with van der Waals surface area (Å²) in [5, 5.41) is 3.37. The second-order valence-electron chi connectivity index (χ2n) is 6.07. The molecule has 2 aromatic rings. The van der Waals surface area contributed by atoms with Gasteiger partial charge in [0.05, 0.1) is 16.3 Å². The smallest absolute Gasteiger partial charge is 0.253 e. The number of aromatic nitrogens is 1. The molecule has 110 valence electrons. The zero-order valence-electron chi connectivity index (χ0n) is 12.7. The van der Waals surface area contributed by atoms with Crippen molar-refractivity contribution in [3.05, 3.63) is 52.7 Å². The first-order chi connectivity index (χ1) is 9.78. The Morgan fingerprint density at radius 1 is 1.24 bits per heavy atom. The van der Waals surface area contributed by atoms with E-state index in [9.17, 15) is 4.79 Å². The lowest BCUT2D eigenvalue weighted by Crippen LogP contribution is -2.40. The zero-order chi connectivity index (χ0) is 15.6. The molecule has 21 heavy (non-hydrogen) atoms. The van der Waals surface area contributed by atoms with Gasteiger partial charge >= 0.3 is 0 Å². The van der Waals surface area contributed by atoms with Crippen LogP contribution in [0.2, 0.25) is 5.02 Å². The SMILES string of the molecule is Cc1ccccc1-c1ncc(C(=O)NC(C)(C)C)cc1Cl. The van der Waals surface area contributed by atoms with Gasteiger partial charge in [0.2, 0.25) is 0 Å². The maximum atomic E-state index is 12.1. The fraction of sp³-hybridized carbons (Fsp3) is 0.294. The lowest BCUT2D eigenvalue weighted by Gasteiger charge is -2.20. The Hall–Kier alpha value is -1.87. The highest BCUT2D eigenvalue weighted by Crippen LogP contribution is 2.28. The fourth-order valence-corrected chi connectivity index (χ4v) is 2.28. The summed E-state index contributed by atoms with van der Waals surface area (Å²) in [7, 11) is 0. The van der Waals surface area contributed by atoms with Crippen molar-refractivity contribution in [1.82, 2.24) is 10.3 Å². The molecule has 0 unspecified atom stereocenters. The van der Waals surface area contributed by atoms with Crippen LogP contribution in [-0.2, 0) is 0 Å². The molecule has 0 saturated carbocycles. The largest absolute Gasteiger partial charge is 0.347 e. The Labute approximate surface area is 130 Å². The van der Waals surface area contributed by atoms with Gasteiger partial charge < -0.3 is 5.32 Å². The third-order valence-corrected chi connectivity index (χ3v) is 3.28. The second-order valence-corrected chi connectivity index (χ2v) is 6.48. The third kappa shape index (κ3) is 3.82. The topological polar surface area (TPSA) is 42.0 Å². The Balaban J connectivity index is 2.35. The average molecular weight is 303 g/mol. The van der Waals surface area contributed by atoms with E-state index in [1.807, 2.05) is 52.0 Å². The predicted molar refractivity (Wildman–Crippen MR) is 86.6 cm³/mol. The molecule has 0 aliphatic heterocycles. The Morgan fingerprint density at radius 2 is 1.90 bits per heavy atom. The monoisotopic (exact) mass is 302 g/mol. The summed E-state index contributed by atoms with van der Waals surface area (Å²) in [5.74, 6) is -0.173. The number of pyridine rings is 1. The van der Waals surface area contributed by atoms with Gasteiger partial charge in [0, 0.05) is 17.3 Å². The number of nitrogens with zero attached hydrogens (tertiary/aromatic N) is 1. The minimum Gasteiger partial charge on any atom is -0.347 e. The maximum absolute atomic E-state index is 12.1. The van der Waals surface area contributed by atoms with E-state index < -0.39 is 0 Å². The summed E-state index contributed by atoms with van der Waals surface area (Å²) >= 11 is 6.31. The van der Waals surface area contributed by atoms with Crippen molar-refractivity contribution in [2.75, 3.05) is 0 Å². The molecule has 1 aromatic heterocycles. The van der Waals surface area contributed by atoms with Crippen LogP contribution >= 0.6 is 11.6 Å². The third-order valence-electron chi connectivity index (χ3n) is 2.99. The van der Waals surface area contributed by atoms with Crippen molar-refractivity contribution < 1.29 is 4.79 Å². The summed E-state index contributed by atoms with van der Waals surface area (Å²) in [6.07, 6.45) is 1.56. The van der Waals surface area contributed by atoms with Crippen molar-refractivity contribution in [3.8, 4) is 11.3 Å². The van der Waals surface area contributed by atoms with Crippen molar-refractivity contribution in [3.63, 3.8) is 0 Å². The summed E-state index contributed by atoms with van der Waals surface area (Å²) in [6.45, 7) is 7.80. The summed E-state index contributed by atoms with van der Waals surface area (Å²) < 4.78 is 0. The molecule has 4 heteroatoms. The maximum Gasteiger partial charge on any atom is 0.253 e. The number of nitrogens with one attached hydrogen (secondary N) is 1. The number of benzene rings is 1. The first-order valence-corrected chi connectivity index (χ1v) is 7.20. The van der Waals surface area contributed by atoms with Gasteiger partial charge in [-0.25, -0.2) is 0 Å². The van der Waals surface area contributed by atoms with Crippen molar-refractivity contribution in [1.29, 1.82) is 0 Å². The number of rotatable bonds is 2. The van der Waals surface area contributed by atoms with E-state index >= 15 is 0 Å². The summed E-state index contributed by atoms with van der Waals surface area (Å²) in [4.78, 5) is 16.5. The normalized spacial score (nSPS) is 11.3. The Morgan fingerprint density at radius 3 is 2.48 bits per heavy atom. The summed E-state index contributed by atoms with van der Waals surface area (Å²) in [6, 6.07) is 9.56. The highest BCUT2D eigenvalue weighted by atomic mass is 35.5. The van der Waals surface area contributed by atoms with Gasteiger partial charge in [-0.15, -0.1) is 0 Å². The molecule has 0 aliphatic rings. The van der Waals surface area contributed by atoms with E-state index in [0.29, 0.717) is 16.3 Å². The molecule has 3 nitrogen and oxygen atoms in total. The van der Waals surface area contributed by atoms with E-state index in [2.05, 4.69) is 10.3 Å².